The average Bonchev–Trinajstić information content (AvgIpc) is 3.30. The highest BCUT2D eigenvalue weighted by molar-refractivity contribution is 6.26. The number of benzene rings is 2. The Morgan fingerprint density at radius 2 is 1.96 bits per heavy atom. The van der Waals surface area contributed by atoms with E-state index in [2.05, 4.69) is 5.10 Å². The van der Waals surface area contributed by atoms with E-state index in [0.29, 0.717) is 25.2 Å². The minimum absolute atomic E-state index is 0.0529. The van der Waals surface area contributed by atoms with E-state index in [0.717, 1.165) is 16.5 Å². The summed E-state index contributed by atoms with van der Waals surface area (Å²) < 4.78 is 1.80. The Labute approximate surface area is 158 Å². The van der Waals surface area contributed by atoms with E-state index in [1.54, 1.807) is 20.7 Å². The van der Waals surface area contributed by atoms with Crippen molar-refractivity contribution >= 4 is 28.3 Å². The molecule has 0 fully saturated rings. The number of carbonyl (C=O) groups is 2. The van der Waals surface area contributed by atoms with E-state index in [1.165, 1.54) is 0 Å². The van der Waals surface area contributed by atoms with E-state index in [1.807, 2.05) is 62.5 Å². The zero-order chi connectivity index (χ0) is 19.0. The molecule has 2 aromatic carbocycles. The highest BCUT2D eigenvalue weighted by Gasteiger charge is 2.37. The number of carbonyl (C=O) groups excluding carboxylic acids is 2. The third-order valence-corrected chi connectivity index (χ3v) is 5.19. The Bertz CT molecular complexity index is 991. The number of hydrogen-bond donors (Lipinski definition) is 0. The summed E-state index contributed by atoms with van der Waals surface area (Å²) in [7, 11) is 0. The second kappa shape index (κ2) is 6.87. The van der Waals surface area contributed by atoms with Crippen molar-refractivity contribution in [2.45, 2.75) is 26.4 Å². The van der Waals surface area contributed by atoms with Gasteiger partial charge in [-0.05, 0) is 37.4 Å². The van der Waals surface area contributed by atoms with Crippen molar-refractivity contribution in [2.24, 2.45) is 0 Å². The van der Waals surface area contributed by atoms with E-state index in [4.69, 9.17) is 0 Å². The highest BCUT2D eigenvalue weighted by atomic mass is 16.2. The van der Waals surface area contributed by atoms with Crippen molar-refractivity contribution in [1.29, 1.82) is 0 Å². The number of amides is 2. The van der Waals surface area contributed by atoms with Gasteiger partial charge in [0.25, 0.3) is 5.91 Å². The van der Waals surface area contributed by atoms with Crippen LogP contribution in [-0.2, 0) is 11.3 Å². The molecule has 6 heteroatoms. The third-order valence-electron chi connectivity index (χ3n) is 5.19. The molecule has 138 valence electrons. The predicted molar refractivity (Wildman–Crippen MR) is 105 cm³/mol. The molecule has 2 amide bonds. The zero-order valence-corrected chi connectivity index (χ0v) is 15.5. The van der Waals surface area contributed by atoms with Crippen LogP contribution in [0.25, 0.3) is 10.8 Å². The first kappa shape index (κ1) is 17.3. The van der Waals surface area contributed by atoms with Gasteiger partial charge in [0.15, 0.2) is 0 Å². The summed E-state index contributed by atoms with van der Waals surface area (Å²) >= 11 is 0. The van der Waals surface area contributed by atoms with Crippen molar-refractivity contribution in [2.75, 3.05) is 18.0 Å². The second-order valence-electron chi connectivity index (χ2n) is 6.72. The van der Waals surface area contributed by atoms with Gasteiger partial charge < -0.3 is 4.90 Å². The normalized spacial score (nSPS) is 14.0. The van der Waals surface area contributed by atoms with Gasteiger partial charge in [0.05, 0.1) is 12.2 Å². The van der Waals surface area contributed by atoms with Crippen LogP contribution in [0.15, 0.2) is 54.9 Å². The molecule has 0 radical (unpaired) electrons. The standard InChI is InChI=1S/C21H22N4O2/c1-3-23(13-14-24-12-6-11-22-24)20(26)15(2)25-18-10-5-8-16-7-4-9-17(19(16)18)21(25)27/h4-12,15H,3,13-14H2,1-2H3/t15-/m0/s1. The third kappa shape index (κ3) is 2.87. The van der Waals surface area contributed by atoms with Gasteiger partial charge >= 0.3 is 0 Å². The minimum Gasteiger partial charge on any atom is -0.339 e. The number of rotatable bonds is 6. The van der Waals surface area contributed by atoms with E-state index < -0.39 is 6.04 Å². The molecule has 0 bridgehead atoms. The van der Waals surface area contributed by atoms with Crippen LogP contribution in [0.3, 0.4) is 0 Å². The first-order chi connectivity index (χ1) is 13.1. The van der Waals surface area contributed by atoms with E-state index >= 15 is 0 Å². The lowest BCUT2D eigenvalue weighted by molar-refractivity contribution is -0.132. The molecule has 4 rings (SSSR count). The molecule has 1 aromatic heterocycles. The molecule has 0 spiro atoms. The lowest BCUT2D eigenvalue weighted by Crippen LogP contribution is -2.49. The average molecular weight is 362 g/mol. The molecule has 1 aliphatic rings. The second-order valence-corrected chi connectivity index (χ2v) is 6.72. The van der Waals surface area contributed by atoms with Gasteiger partial charge in [-0.2, -0.15) is 5.10 Å². The van der Waals surface area contributed by atoms with Gasteiger partial charge in [-0.15, -0.1) is 0 Å². The maximum Gasteiger partial charge on any atom is 0.259 e. The predicted octanol–water partition coefficient (Wildman–Crippen LogP) is 2.93. The fraction of sp³-hybridized carbons (Fsp3) is 0.286. The van der Waals surface area contributed by atoms with Crippen molar-refractivity contribution in [3.05, 3.63) is 60.4 Å². The molecule has 6 nitrogen and oxygen atoms in total. The smallest absolute Gasteiger partial charge is 0.259 e. The maximum atomic E-state index is 13.1. The Kier molecular flexibility index (Phi) is 4.39. The molecule has 0 saturated heterocycles. The Morgan fingerprint density at radius 3 is 2.67 bits per heavy atom. The maximum absolute atomic E-state index is 13.1. The zero-order valence-electron chi connectivity index (χ0n) is 15.5. The number of hydrogen-bond acceptors (Lipinski definition) is 3. The largest absolute Gasteiger partial charge is 0.339 e. The topological polar surface area (TPSA) is 58.4 Å². The Balaban J connectivity index is 1.58. The quantitative estimate of drug-likeness (QED) is 0.677. The van der Waals surface area contributed by atoms with Gasteiger partial charge in [0.2, 0.25) is 5.91 Å². The van der Waals surface area contributed by atoms with Gasteiger partial charge in [-0.25, -0.2) is 0 Å². The van der Waals surface area contributed by atoms with Gasteiger partial charge in [-0.3, -0.25) is 19.2 Å². The summed E-state index contributed by atoms with van der Waals surface area (Å²) in [5.74, 6) is -0.159. The molecule has 0 aliphatic carbocycles. The molecule has 1 atom stereocenters. The van der Waals surface area contributed by atoms with Crippen molar-refractivity contribution < 1.29 is 9.59 Å². The van der Waals surface area contributed by atoms with Crippen molar-refractivity contribution in [3.63, 3.8) is 0 Å². The molecular weight excluding hydrogens is 340 g/mol. The molecule has 0 unspecified atom stereocenters. The Hall–Kier alpha value is -3.15. The van der Waals surface area contributed by atoms with Crippen LogP contribution in [0.4, 0.5) is 5.69 Å². The first-order valence-electron chi connectivity index (χ1n) is 9.23. The molecule has 1 aliphatic heterocycles. The monoisotopic (exact) mass is 362 g/mol. The molecule has 0 saturated carbocycles. The van der Waals surface area contributed by atoms with Crippen LogP contribution in [0.1, 0.15) is 24.2 Å². The fourth-order valence-corrected chi connectivity index (χ4v) is 3.78. The summed E-state index contributed by atoms with van der Waals surface area (Å²) in [5, 5.41) is 6.14. The summed E-state index contributed by atoms with van der Waals surface area (Å²) in [6.45, 7) is 5.53. The van der Waals surface area contributed by atoms with E-state index in [9.17, 15) is 9.59 Å². The van der Waals surface area contributed by atoms with Crippen molar-refractivity contribution in [3.8, 4) is 0 Å². The Morgan fingerprint density at radius 1 is 1.19 bits per heavy atom. The van der Waals surface area contributed by atoms with Crippen molar-refractivity contribution in [1.82, 2.24) is 14.7 Å². The summed E-state index contributed by atoms with van der Waals surface area (Å²) in [4.78, 5) is 29.6. The lowest BCUT2D eigenvalue weighted by Gasteiger charge is -2.30. The van der Waals surface area contributed by atoms with E-state index in [-0.39, 0.29) is 11.8 Å². The number of anilines is 1. The molecular formula is C21H22N4O2. The molecule has 2 heterocycles. The molecule has 0 N–H and O–H groups in total. The van der Waals surface area contributed by atoms with Crippen LogP contribution in [0, 0.1) is 0 Å². The van der Waals surface area contributed by atoms with Crippen LogP contribution in [0.5, 0.6) is 0 Å². The van der Waals surface area contributed by atoms with Crippen LogP contribution in [-0.4, -0.2) is 45.6 Å². The van der Waals surface area contributed by atoms with Gasteiger partial charge in [0, 0.05) is 36.4 Å². The lowest BCUT2D eigenvalue weighted by atomic mass is 10.1. The SMILES string of the molecule is CCN(CCn1cccn1)C(=O)[C@H](C)N1C(=O)c2cccc3cccc1c23. The molecule has 3 aromatic rings. The fourth-order valence-electron chi connectivity index (χ4n) is 3.78. The number of nitrogens with zero attached hydrogens (tertiary/aromatic N) is 4. The number of aromatic nitrogens is 2. The minimum atomic E-state index is -0.562. The highest BCUT2D eigenvalue weighted by Crippen LogP contribution is 2.38. The van der Waals surface area contributed by atoms with Gasteiger partial charge in [-0.1, -0.05) is 24.3 Å². The van der Waals surface area contributed by atoms with Crippen LogP contribution in [0.2, 0.25) is 0 Å². The van der Waals surface area contributed by atoms with Gasteiger partial charge in [0.1, 0.15) is 6.04 Å². The first-order valence-corrected chi connectivity index (χ1v) is 9.23. The summed E-state index contributed by atoms with van der Waals surface area (Å²) in [5.41, 5.74) is 1.49. The summed E-state index contributed by atoms with van der Waals surface area (Å²) in [6, 6.07) is 12.9. The number of likely N-dealkylation sites (N-methyl/N-ethyl adjacent to an activating group) is 1. The van der Waals surface area contributed by atoms with Crippen LogP contribution < -0.4 is 4.90 Å². The van der Waals surface area contributed by atoms with Crippen LogP contribution >= 0.6 is 0 Å². The molecule has 27 heavy (non-hydrogen) atoms. The summed E-state index contributed by atoms with van der Waals surface area (Å²) in [6.07, 6.45) is 3.60.